The second-order valence-corrected chi connectivity index (χ2v) is 6.41. The Morgan fingerprint density at radius 1 is 1.22 bits per heavy atom. The van der Waals surface area contributed by atoms with Crippen molar-refractivity contribution in [3.63, 3.8) is 0 Å². The Bertz CT molecular complexity index is 1030. The molecule has 136 valence electrons. The Morgan fingerprint density at radius 2 is 1.96 bits per heavy atom. The van der Waals surface area contributed by atoms with Crippen LogP contribution in [0.3, 0.4) is 0 Å². The van der Waals surface area contributed by atoms with E-state index in [4.69, 9.17) is 21.6 Å². The van der Waals surface area contributed by atoms with Gasteiger partial charge >= 0.3 is 5.97 Å². The SMILES string of the molecule is COC(=O)[C@H](Cc1ccc(C#N)cc1)NC(=O)c1cc2cc(Cl)ccc2[nH]1. The number of carbonyl (C=O) groups is 2. The van der Waals surface area contributed by atoms with Crippen LogP contribution < -0.4 is 5.32 Å². The van der Waals surface area contributed by atoms with Crippen molar-refractivity contribution >= 4 is 34.4 Å². The van der Waals surface area contributed by atoms with E-state index < -0.39 is 17.9 Å². The molecule has 0 aliphatic rings. The molecule has 0 aliphatic carbocycles. The zero-order valence-corrected chi connectivity index (χ0v) is 15.2. The molecule has 0 saturated carbocycles. The first-order valence-electron chi connectivity index (χ1n) is 8.16. The number of nitrogens with zero attached hydrogens (tertiary/aromatic N) is 1. The van der Waals surface area contributed by atoms with Gasteiger partial charge in [-0.3, -0.25) is 4.79 Å². The molecule has 1 aromatic heterocycles. The highest BCUT2D eigenvalue weighted by atomic mass is 35.5. The van der Waals surface area contributed by atoms with Crippen molar-refractivity contribution in [3.8, 4) is 6.07 Å². The molecule has 2 N–H and O–H groups in total. The number of aromatic nitrogens is 1. The fourth-order valence-corrected chi connectivity index (χ4v) is 2.93. The summed E-state index contributed by atoms with van der Waals surface area (Å²) < 4.78 is 4.81. The number of aromatic amines is 1. The van der Waals surface area contributed by atoms with Gasteiger partial charge in [0.1, 0.15) is 11.7 Å². The number of halogens is 1. The van der Waals surface area contributed by atoms with E-state index in [1.165, 1.54) is 7.11 Å². The van der Waals surface area contributed by atoms with Crippen LogP contribution in [-0.4, -0.2) is 30.0 Å². The molecule has 0 bridgehead atoms. The third-order valence-electron chi connectivity index (χ3n) is 4.14. The third kappa shape index (κ3) is 4.27. The molecule has 1 atom stereocenters. The zero-order valence-electron chi connectivity index (χ0n) is 14.5. The standard InChI is InChI=1S/C20H16ClN3O3/c1-27-20(26)18(8-12-2-4-13(11-22)5-3-12)24-19(25)17-10-14-9-15(21)6-7-16(14)23-17/h2-7,9-10,18,23H,8H2,1H3,(H,24,25)/t18-/m0/s1. The van der Waals surface area contributed by atoms with Crippen LogP contribution in [0.1, 0.15) is 21.6 Å². The van der Waals surface area contributed by atoms with Gasteiger partial charge in [-0.15, -0.1) is 0 Å². The van der Waals surface area contributed by atoms with Gasteiger partial charge in [-0.25, -0.2) is 4.79 Å². The van der Waals surface area contributed by atoms with E-state index in [-0.39, 0.29) is 6.42 Å². The van der Waals surface area contributed by atoms with Gasteiger partial charge in [0.25, 0.3) is 5.91 Å². The number of rotatable bonds is 5. The summed E-state index contributed by atoms with van der Waals surface area (Å²) in [6.07, 6.45) is 0.246. The summed E-state index contributed by atoms with van der Waals surface area (Å²) in [4.78, 5) is 27.7. The molecular formula is C20H16ClN3O3. The van der Waals surface area contributed by atoms with E-state index in [9.17, 15) is 9.59 Å². The summed E-state index contributed by atoms with van der Waals surface area (Å²) in [6, 6.07) is 14.9. The topological polar surface area (TPSA) is 95.0 Å². The second-order valence-electron chi connectivity index (χ2n) is 5.98. The quantitative estimate of drug-likeness (QED) is 0.663. The van der Waals surface area contributed by atoms with Crippen LogP contribution in [0.25, 0.3) is 10.9 Å². The highest BCUT2D eigenvalue weighted by molar-refractivity contribution is 6.31. The smallest absolute Gasteiger partial charge is 0.328 e. The van der Waals surface area contributed by atoms with E-state index in [1.807, 2.05) is 6.07 Å². The number of methoxy groups -OCH3 is 1. The molecule has 2 aromatic carbocycles. The molecule has 27 heavy (non-hydrogen) atoms. The Hall–Kier alpha value is -3.30. The number of hydrogen-bond donors (Lipinski definition) is 2. The van der Waals surface area contributed by atoms with Crippen molar-refractivity contribution in [2.75, 3.05) is 7.11 Å². The number of nitriles is 1. The number of H-pyrrole nitrogens is 1. The monoisotopic (exact) mass is 381 g/mol. The molecule has 0 aliphatic heterocycles. The molecular weight excluding hydrogens is 366 g/mol. The second kappa shape index (κ2) is 7.94. The van der Waals surface area contributed by atoms with Gasteiger partial charge in [-0.05, 0) is 42.0 Å². The highest BCUT2D eigenvalue weighted by Crippen LogP contribution is 2.20. The summed E-state index contributed by atoms with van der Waals surface area (Å²) >= 11 is 5.97. The normalized spacial score (nSPS) is 11.6. The molecule has 0 fully saturated rings. The van der Waals surface area contributed by atoms with Crippen LogP contribution in [0.4, 0.5) is 0 Å². The summed E-state index contributed by atoms with van der Waals surface area (Å²) in [7, 11) is 1.27. The summed E-state index contributed by atoms with van der Waals surface area (Å²) in [5, 5.41) is 12.9. The van der Waals surface area contributed by atoms with E-state index >= 15 is 0 Å². The lowest BCUT2D eigenvalue weighted by Crippen LogP contribution is -2.43. The van der Waals surface area contributed by atoms with Gasteiger partial charge < -0.3 is 15.0 Å². The third-order valence-corrected chi connectivity index (χ3v) is 4.38. The fraction of sp³-hybridized carbons (Fsp3) is 0.150. The largest absolute Gasteiger partial charge is 0.467 e. The average Bonchev–Trinajstić information content (AvgIpc) is 3.10. The highest BCUT2D eigenvalue weighted by Gasteiger charge is 2.23. The maximum atomic E-state index is 12.6. The minimum absolute atomic E-state index is 0.246. The van der Waals surface area contributed by atoms with Crippen molar-refractivity contribution in [1.29, 1.82) is 5.26 Å². The van der Waals surface area contributed by atoms with Gasteiger partial charge in [0, 0.05) is 22.3 Å². The molecule has 0 spiro atoms. The van der Waals surface area contributed by atoms with Gasteiger partial charge in [-0.1, -0.05) is 23.7 Å². The van der Waals surface area contributed by atoms with Crippen LogP contribution in [0.15, 0.2) is 48.5 Å². The van der Waals surface area contributed by atoms with Crippen LogP contribution in [0, 0.1) is 11.3 Å². The number of esters is 1. The van der Waals surface area contributed by atoms with Crippen molar-refractivity contribution in [2.24, 2.45) is 0 Å². The Balaban J connectivity index is 1.79. The number of nitrogens with one attached hydrogen (secondary N) is 2. The minimum atomic E-state index is -0.856. The van der Waals surface area contributed by atoms with Crippen LogP contribution >= 0.6 is 11.6 Å². The van der Waals surface area contributed by atoms with Gasteiger partial charge in [0.05, 0.1) is 18.7 Å². The van der Waals surface area contributed by atoms with Crippen molar-refractivity contribution in [3.05, 3.63) is 70.4 Å². The van der Waals surface area contributed by atoms with E-state index in [2.05, 4.69) is 10.3 Å². The van der Waals surface area contributed by atoms with Gasteiger partial charge in [-0.2, -0.15) is 5.26 Å². The number of hydrogen-bond acceptors (Lipinski definition) is 4. The number of benzene rings is 2. The number of carbonyl (C=O) groups excluding carboxylic acids is 2. The maximum absolute atomic E-state index is 12.6. The summed E-state index contributed by atoms with van der Waals surface area (Å²) in [5.74, 6) is -0.974. The minimum Gasteiger partial charge on any atom is -0.467 e. The first kappa shape index (κ1) is 18.5. The summed E-state index contributed by atoms with van der Waals surface area (Å²) in [5.41, 5.74) is 2.41. The molecule has 3 rings (SSSR count). The van der Waals surface area contributed by atoms with Gasteiger partial charge in [0.2, 0.25) is 0 Å². The molecule has 1 amide bonds. The van der Waals surface area contributed by atoms with E-state index in [0.29, 0.717) is 16.3 Å². The van der Waals surface area contributed by atoms with Crippen LogP contribution in [0.5, 0.6) is 0 Å². The van der Waals surface area contributed by atoms with Gasteiger partial charge in [0.15, 0.2) is 0 Å². The number of amides is 1. The van der Waals surface area contributed by atoms with Crippen molar-refractivity contribution < 1.29 is 14.3 Å². The van der Waals surface area contributed by atoms with Crippen LogP contribution in [0.2, 0.25) is 5.02 Å². The predicted molar refractivity (Wildman–Crippen MR) is 101 cm³/mol. The predicted octanol–water partition coefficient (Wildman–Crippen LogP) is 3.21. The maximum Gasteiger partial charge on any atom is 0.328 e. The Morgan fingerprint density at radius 3 is 2.63 bits per heavy atom. The first-order chi connectivity index (χ1) is 13.0. The lowest BCUT2D eigenvalue weighted by molar-refractivity contribution is -0.142. The average molecular weight is 382 g/mol. The lowest BCUT2D eigenvalue weighted by atomic mass is 10.0. The van der Waals surface area contributed by atoms with Crippen LogP contribution in [-0.2, 0) is 16.0 Å². The first-order valence-corrected chi connectivity index (χ1v) is 8.54. The zero-order chi connectivity index (χ0) is 19.4. The number of fused-ring (bicyclic) bond motifs is 1. The summed E-state index contributed by atoms with van der Waals surface area (Å²) in [6.45, 7) is 0. The molecule has 7 heteroatoms. The molecule has 1 heterocycles. The van der Waals surface area contributed by atoms with E-state index in [0.717, 1.165) is 16.5 Å². The lowest BCUT2D eigenvalue weighted by Gasteiger charge is -2.16. The van der Waals surface area contributed by atoms with E-state index in [1.54, 1.807) is 48.5 Å². The molecule has 6 nitrogen and oxygen atoms in total. The Kier molecular flexibility index (Phi) is 5.43. The fourth-order valence-electron chi connectivity index (χ4n) is 2.75. The molecule has 3 aromatic rings. The Labute approximate surface area is 160 Å². The van der Waals surface area contributed by atoms with Crippen molar-refractivity contribution in [1.82, 2.24) is 10.3 Å². The number of ether oxygens (including phenoxy) is 1. The van der Waals surface area contributed by atoms with Crippen molar-refractivity contribution in [2.45, 2.75) is 12.5 Å². The molecule has 0 saturated heterocycles. The molecule has 0 unspecified atom stereocenters. The molecule has 0 radical (unpaired) electrons.